The van der Waals surface area contributed by atoms with E-state index in [-0.39, 0.29) is 12.5 Å². The van der Waals surface area contributed by atoms with Gasteiger partial charge in [-0.3, -0.25) is 9.59 Å². The first-order chi connectivity index (χ1) is 12.6. The Bertz CT molecular complexity index is 918. The Labute approximate surface area is 150 Å². The van der Waals surface area contributed by atoms with Crippen LogP contribution in [0.2, 0.25) is 0 Å². The number of fused-ring (bicyclic) bond motifs is 1. The Morgan fingerprint density at radius 3 is 2.54 bits per heavy atom. The van der Waals surface area contributed by atoms with Crippen LogP contribution >= 0.6 is 0 Å². The molecule has 0 atom stereocenters. The molecule has 1 aromatic heterocycles. The first kappa shape index (κ1) is 17.6. The number of carbonyl (C=O) groups is 2. The van der Waals surface area contributed by atoms with E-state index in [0.29, 0.717) is 25.1 Å². The fraction of sp³-hybridized carbons (Fsp3) is 0.263. The highest BCUT2D eigenvalue weighted by Gasteiger charge is 2.17. The predicted octanol–water partition coefficient (Wildman–Crippen LogP) is 2.42. The van der Waals surface area contributed by atoms with Gasteiger partial charge in [-0.25, -0.2) is 4.68 Å². The maximum absolute atomic E-state index is 12.5. The molecule has 3 aromatic rings. The number of amides is 1. The van der Waals surface area contributed by atoms with Crippen molar-refractivity contribution < 1.29 is 14.7 Å². The Morgan fingerprint density at radius 2 is 1.85 bits per heavy atom. The smallest absolute Gasteiger partial charge is 0.323 e. The average molecular weight is 352 g/mol. The van der Waals surface area contributed by atoms with E-state index in [0.717, 1.165) is 16.6 Å². The molecule has 7 heteroatoms. The van der Waals surface area contributed by atoms with Crippen molar-refractivity contribution in [1.82, 2.24) is 19.9 Å². The maximum atomic E-state index is 12.5. The van der Waals surface area contributed by atoms with Gasteiger partial charge in [0.15, 0.2) is 0 Å². The zero-order chi connectivity index (χ0) is 18.5. The summed E-state index contributed by atoms with van der Waals surface area (Å²) in [6.45, 7) is 2.58. The number of para-hydroxylation sites is 1. The number of carbonyl (C=O) groups excluding carboxylic acids is 1. The van der Waals surface area contributed by atoms with Gasteiger partial charge in [0.2, 0.25) is 0 Å². The molecule has 3 rings (SSSR count). The number of carboxylic acid groups (broad SMARTS) is 1. The third kappa shape index (κ3) is 3.88. The number of nitrogens with zero attached hydrogens (tertiary/aromatic N) is 4. The first-order valence-corrected chi connectivity index (χ1v) is 8.46. The molecule has 0 aliphatic carbocycles. The zero-order valence-electron chi connectivity index (χ0n) is 14.5. The highest BCUT2D eigenvalue weighted by molar-refractivity contribution is 5.95. The molecule has 134 valence electrons. The molecule has 0 unspecified atom stereocenters. The van der Waals surface area contributed by atoms with E-state index >= 15 is 0 Å². The normalized spacial score (nSPS) is 10.8. The van der Waals surface area contributed by atoms with Crippen LogP contribution in [0.15, 0.2) is 48.5 Å². The van der Waals surface area contributed by atoms with E-state index < -0.39 is 5.97 Å². The molecule has 7 nitrogen and oxygen atoms in total. The lowest BCUT2D eigenvalue weighted by Gasteiger charge is -2.20. The van der Waals surface area contributed by atoms with Gasteiger partial charge in [-0.2, -0.15) is 0 Å². The molecular formula is C19H20N4O3. The van der Waals surface area contributed by atoms with Gasteiger partial charge in [0.25, 0.3) is 5.91 Å². The third-order valence-corrected chi connectivity index (χ3v) is 4.06. The molecule has 0 radical (unpaired) electrons. The Kier molecular flexibility index (Phi) is 5.26. The Hall–Kier alpha value is -3.22. The van der Waals surface area contributed by atoms with Crippen molar-refractivity contribution in [3.63, 3.8) is 0 Å². The lowest BCUT2D eigenvalue weighted by Crippen LogP contribution is -2.36. The quantitative estimate of drug-likeness (QED) is 0.705. The van der Waals surface area contributed by atoms with E-state index in [1.54, 1.807) is 16.8 Å². The van der Waals surface area contributed by atoms with Gasteiger partial charge in [0.05, 0.1) is 12.1 Å². The Morgan fingerprint density at radius 1 is 1.12 bits per heavy atom. The van der Waals surface area contributed by atoms with Crippen molar-refractivity contribution >= 4 is 22.9 Å². The van der Waals surface area contributed by atoms with Crippen LogP contribution in [0.4, 0.5) is 0 Å². The van der Waals surface area contributed by atoms with E-state index in [1.165, 1.54) is 4.90 Å². The topological polar surface area (TPSA) is 88.3 Å². The molecule has 0 fully saturated rings. The highest BCUT2D eigenvalue weighted by Crippen LogP contribution is 2.14. The summed E-state index contributed by atoms with van der Waals surface area (Å²) in [5, 5.41) is 17.3. The van der Waals surface area contributed by atoms with E-state index in [4.69, 9.17) is 5.11 Å². The van der Waals surface area contributed by atoms with Gasteiger partial charge in [-0.05, 0) is 36.2 Å². The van der Waals surface area contributed by atoms with E-state index in [9.17, 15) is 9.59 Å². The van der Waals surface area contributed by atoms with Crippen LogP contribution < -0.4 is 0 Å². The fourth-order valence-electron chi connectivity index (χ4n) is 2.83. The summed E-state index contributed by atoms with van der Waals surface area (Å²) in [6, 6.07) is 14.9. The van der Waals surface area contributed by atoms with Crippen LogP contribution in [0.5, 0.6) is 0 Å². The predicted molar refractivity (Wildman–Crippen MR) is 96.9 cm³/mol. The van der Waals surface area contributed by atoms with Crippen molar-refractivity contribution in [3.8, 4) is 0 Å². The lowest BCUT2D eigenvalue weighted by molar-refractivity contribution is -0.137. The minimum absolute atomic E-state index is 0.271. The van der Waals surface area contributed by atoms with E-state index in [2.05, 4.69) is 10.3 Å². The lowest BCUT2D eigenvalue weighted by atomic mass is 10.1. The summed E-state index contributed by atoms with van der Waals surface area (Å²) in [4.78, 5) is 24.8. The van der Waals surface area contributed by atoms with E-state index in [1.807, 2.05) is 43.3 Å². The molecule has 0 bridgehead atoms. The van der Waals surface area contributed by atoms with Gasteiger partial charge in [-0.15, -0.1) is 5.10 Å². The molecule has 0 aliphatic heterocycles. The van der Waals surface area contributed by atoms with Crippen LogP contribution in [-0.2, 0) is 11.3 Å². The number of rotatable bonds is 7. The average Bonchev–Trinajstić information content (AvgIpc) is 3.04. The van der Waals surface area contributed by atoms with Crippen molar-refractivity contribution in [2.24, 2.45) is 0 Å². The zero-order valence-corrected chi connectivity index (χ0v) is 14.5. The van der Waals surface area contributed by atoms with Crippen LogP contribution in [0, 0.1) is 0 Å². The molecule has 1 amide bonds. The maximum Gasteiger partial charge on any atom is 0.323 e. The number of aliphatic carboxylic acids is 1. The monoisotopic (exact) mass is 352 g/mol. The molecule has 2 aromatic carbocycles. The van der Waals surface area contributed by atoms with Gasteiger partial charge in [0, 0.05) is 12.1 Å². The van der Waals surface area contributed by atoms with Crippen LogP contribution in [-0.4, -0.2) is 50.0 Å². The standard InChI is InChI=1S/C19H20N4O3/c1-2-11-22(13-18(24)25)19(26)15-9-7-14(8-10-15)12-23-17-6-4-3-5-16(17)20-21-23/h3-10H,2,11-13H2,1H3,(H,24,25). The second-order valence-corrected chi connectivity index (χ2v) is 6.05. The van der Waals surface area contributed by atoms with Crippen LogP contribution in [0.25, 0.3) is 11.0 Å². The molecule has 1 heterocycles. The molecular weight excluding hydrogens is 332 g/mol. The van der Waals surface area contributed by atoms with Gasteiger partial charge in [0.1, 0.15) is 12.1 Å². The minimum Gasteiger partial charge on any atom is -0.480 e. The molecule has 0 saturated heterocycles. The highest BCUT2D eigenvalue weighted by atomic mass is 16.4. The first-order valence-electron chi connectivity index (χ1n) is 8.46. The Balaban J connectivity index is 1.75. The molecule has 0 saturated carbocycles. The van der Waals surface area contributed by atoms with Crippen molar-refractivity contribution in [3.05, 3.63) is 59.7 Å². The summed E-state index contributed by atoms with van der Waals surface area (Å²) >= 11 is 0. The number of carboxylic acids is 1. The summed E-state index contributed by atoms with van der Waals surface area (Å²) in [5.41, 5.74) is 3.25. The van der Waals surface area contributed by atoms with Gasteiger partial charge >= 0.3 is 5.97 Å². The SMILES string of the molecule is CCCN(CC(=O)O)C(=O)c1ccc(Cn2nnc3ccccc32)cc1. The number of aromatic nitrogens is 3. The number of hydrogen-bond acceptors (Lipinski definition) is 4. The largest absolute Gasteiger partial charge is 0.480 e. The molecule has 1 N–H and O–H groups in total. The van der Waals surface area contributed by atoms with Crippen LogP contribution in [0.1, 0.15) is 29.3 Å². The summed E-state index contributed by atoms with van der Waals surface area (Å²) < 4.78 is 1.81. The number of benzene rings is 2. The van der Waals surface area contributed by atoms with Crippen molar-refractivity contribution in [2.45, 2.75) is 19.9 Å². The molecule has 0 spiro atoms. The summed E-state index contributed by atoms with van der Waals surface area (Å²) in [7, 11) is 0. The molecule has 26 heavy (non-hydrogen) atoms. The minimum atomic E-state index is -1.01. The third-order valence-electron chi connectivity index (χ3n) is 4.06. The van der Waals surface area contributed by atoms with Gasteiger partial charge < -0.3 is 10.0 Å². The second-order valence-electron chi connectivity index (χ2n) is 6.05. The number of hydrogen-bond donors (Lipinski definition) is 1. The van der Waals surface area contributed by atoms with Crippen molar-refractivity contribution in [1.29, 1.82) is 0 Å². The van der Waals surface area contributed by atoms with Crippen molar-refractivity contribution in [2.75, 3.05) is 13.1 Å². The fourth-order valence-corrected chi connectivity index (χ4v) is 2.83. The molecule has 0 aliphatic rings. The summed E-state index contributed by atoms with van der Waals surface area (Å²) in [5.74, 6) is -1.28. The van der Waals surface area contributed by atoms with Crippen LogP contribution in [0.3, 0.4) is 0 Å². The second kappa shape index (κ2) is 7.77. The van der Waals surface area contributed by atoms with Gasteiger partial charge in [-0.1, -0.05) is 36.4 Å². The summed E-state index contributed by atoms with van der Waals surface area (Å²) in [6.07, 6.45) is 0.705.